The molecule has 0 bridgehead atoms. The molecule has 1 aromatic rings. The monoisotopic (exact) mass is 241 g/mol. The second-order valence-corrected chi connectivity index (χ2v) is 5.21. The van der Waals surface area contributed by atoms with Gasteiger partial charge in [-0.05, 0) is 24.7 Å². The number of carboxylic acid groups (broad SMARTS) is 1. The van der Waals surface area contributed by atoms with Crippen molar-refractivity contribution in [1.29, 1.82) is 0 Å². The topological polar surface area (TPSA) is 68.0 Å². The van der Waals surface area contributed by atoms with Crippen molar-refractivity contribution in [2.75, 3.05) is 5.75 Å². The molecule has 0 radical (unpaired) electrons. The van der Waals surface area contributed by atoms with Crippen LogP contribution in [0.5, 0.6) is 0 Å². The van der Waals surface area contributed by atoms with Gasteiger partial charge in [-0.15, -0.1) is 10.2 Å². The SMILES string of the molecule is CC(Cn1cnnc1SCC(=O)O)C1CC1. The van der Waals surface area contributed by atoms with Crippen molar-refractivity contribution in [2.24, 2.45) is 11.8 Å². The molecule has 0 aliphatic heterocycles. The quantitative estimate of drug-likeness (QED) is 0.764. The molecule has 1 aliphatic carbocycles. The smallest absolute Gasteiger partial charge is 0.313 e. The first-order valence-corrected chi connectivity index (χ1v) is 6.37. The van der Waals surface area contributed by atoms with E-state index in [-0.39, 0.29) is 5.75 Å². The summed E-state index contributed by atoms with van der Waals surface area (Å²) in [6.07, 6.45) is 4.32. The van der Waals surface area contributed by atoms with Gasteiger partial charge in [0.05, 0.1) is 5.75 Å². The number of carbonyl (C=O) groups is 1. The second-order valence-electron chi connectivity index (χ2n) is 4.26. The molecular formula is C10H15N3O2S. The van der Waals surface area contributed by atoms with E-state index in [2.05, 4.69) is 17.1 Å². The van der Waals surface area contributed by atoms with E-state index in [4.69, 9.17) is 5.11 Å². The Kier molecular flexibility index (Phi) is 3.48. The molecular weight excluding hydrogens is 226 g/mol. The van der Waals surface area contributed by atoms with Gasteiger partial charge in [0.25, 0.3) is 0 Å². The number of thioether (sulfide) groups is 1. The van der Waals surface area contributed by atoms with E-state index in [0.29, 0.717) is 11.1 Å². The van der Waals surface area contributed by atoms with E-state index in [1.54, 1.807) is 6.33 Å². The fourth-order valence-electron chi connectivity index (χ4n) is 1.73. The third-order valence-electron chi connectivity index (χ3n) is 2.82. The number of aromatic nitrogens is 3. The molecule has 1 aromatic heterocycles. The van der Waals surface area contributed by atoms with Gasteiger partial charge in [0.2, 0.25) is 0 Å². The Labute approximate surface area is 98.3 Å². The lowest BCUT2D eigenvalue weighted by molar-refractivity contribution is -0.133. The summed E-state index contributed by atoms with van der Waals surface area (Å²) in [5.41, 5.74) is 0. The van der Waals surface area contributed by atoms with Crippen LogP contribution in [-0.2, 0) is 11.3 Å². The molecule has 1 saturated carbocycles. The number of rotatable bonds is 6. The van der Waals surface area contributed by atoms with Gasteiger partial charge in [-0.25, -0.2) is 0 Å². The predicted octanol–water partition coefficient (Wildman–Crippen LogP) is 1.50. The van der Waals surface area contributed by atoms with Crippen LogP contribution in [-0.4, -0.2) is 31.6 Å². The lowest BCUT2D eigenvalue weighted by atomic mass is 10.1. The number of carboxylic acids is 1. The van der Waals surface area contributed by atoms with Crippen LogP contribution in [0.1, 0.15) is 19.8 Å². The van der Waals surface area contributed by atoms with Crippen molar-refractivity contribution in [3.05, 3.63) is 6.33 Å². The summed E-state index contributed by atoms with van der Waals surface area (Å²) in [5.74, 6) is 0.672. The van der Waals surface area contributed by atoms with E-state index < -0.39 is 5.97 Å². The van der Waals surface area contributed by atoms with E-state index in [1.165, 1.54) is 24.6 Å². The van der Waals surface area contributed by atoms with Crippen LogP contribution in [0.3, 0.4) is 0 Å². The first-order valence-electron chi connectivity index (χ1n) is 5.39. The Morgan fingerprint density at radius 2 is 2.50 bits per heavy atom. The van der Waals surface area contributed by atoms with Crippen molar-refractivity contribution in [2.45, 2.75) is 31.5 Å². The lowest BCUT2D eigenvalue weighted by Gasteiger charge is -2.11. The highest BCUT2D eigenvalue weighted by atomic mass is 32.2. The third kappa shape index (κ3) is 2.98. The van der Waals surface area contributed by atoms with Gasteiger partial charge in [0.15, 0.2) is 5.16 Å². The van der Waals surface area contributed by atoms with E-state index >= 15 is 0 Å². The zero-order valence-corrected chi connectivity index (χ0v) is 9.98. The predicted molar refractivity (Wildman–Crippen MR) is 60.3 cm³/mol. The molecule has 1 aliphatic rings. The fourth-order valence-corrected chi connectivity index (χ4v) is 2.38. The van der Waals surface area contributed by atoms with Gasteiger partial charge in [-0.3, -0.25) is 4.79 Å². The van der Waals surface area contributed by atoms with E-state index in [9.17, 15) is 4.79 Å². The van der Waals surface area contributed by atoms with E-state index in [1.807, 2.05) is 4.57 Å². The van der Waals surface area contributed by atoms with Crippen LogP contribution < -0.4 is 0 Å². The number of hydrogen-bond acceptors (Lipinski definition) is 4. The van der Waals surface area contributed by atoms with Gasteiger partial charge in [0.1, 0.15) is 6.33 Å². The maximum atomic E-state index is 10.5. The van der Waals surface area contributed by atoms with E-state index in [0.717, 1.165) is 12.5 Å². The van der Waals surface area contributed by atoms with Crippen molar-refractivity contribution < 1.29 is 9.90 Å². The Hall–Kier alpha value is -1.04. The average Bonchev–Trinajstić information content (AvgIpc) is 2.99. The van der Waals surface area contributed by atoms with Gasteiger partial charge < -0.3 is 9.67 Å². The van der Waals surface area contributed by atoms with Gasteiger partial charge in [0, 0.05) is 6.54 Å². The van der Waals surface area contributed by atoms with Gasteiger partial charge in [-0.1, -0.05) is 18.7 Å². The first-order chi connectivity index (χ1) is 7.66. The van der Waals surface area contributed by atoms with Crippen LogP contribution in [0.2, 0.25) is 0 Å². The third-order valence-corrected chi connectivity index (χ3v) is 3.78. The highest BCUT2D eigenvalue weighted by Crippen LogP contribution is 2.37. The van der Waals surface area contributed by atoms with Gasteiger partial charge in [-0.2, -0.15) is 0 Å². The molecule has 2 rings (SSSR count). The minimum atomic E-state index is -0.824. The minimum absolute atomic E-state index is 0.0382. The summed E-state index contributed by atoms with van der Waals surface area (Å²) in [6, 6.07) is 0. The molecule has 0 spiro atoms. The maximum absolute atomic E-state index is 10.5. The molecule has 5 nitrogen and oxygen atoms in total. The summed E-state index contributed by atoms with van der Waals surface area (Å²) in [7, 11) is 0. The van der Waals surface area contributed by atoms with Crippen LogP contribution in [0.15, 0.2) is 11.5 Å². The number of hydrogen-bond donors (Lipinski definition) is 1. The summed E-state index contributed by atoms with van der Waals surface area (Å²) in [4.78, 5) is 10.5. The highest BCUT2D eigenvalue weighted by molar-refractivity contribution is 7.99. The Morgan fingerprint density at radius 1 is 1.75 bits per heavy atom. The van der Waals surface area contributed by atoms with Crippen LogP contribution in [0, 0.1) is 11.8 Å². The summed E-state index contributed by atoms with van der Waals surface area (Å²) >= 11 is 1.23. The molecule has 6 heteroatoms. The molecule has 16 heavy (non-hydrogen) atoms. The standard InChI is InChI=1S/C10H15N3O2S/c1-7(8-2-3-8)4-13-6-11-12-10(13)16-5-9(14)15/h6-8H,2-5H2,1H3,(H,14,15). The zero-order valence-electron chi connectivity index (χ0n) is 9.17. The average molecular weight is 241 g/mol. The summed E-state index contributed by atoms with van der Waals surface area (Å²) in [5, 5.41) is 17.1. The molecule has 0 amide bonds. The molecule has 1 unspecified atom stereocenters. The highest BCUT2D eigenvalue weighted by Gasteiger charge is 2.28. The van der Waals surface area contributed by atoms with Crippen LogP contribution >= 0.6 is 11.8 Å². The zero-order chi connectivity index (χ0) is 11.5. The molecule has 1 heterocycles. The maximum Gasteiger partial charge on any atom is 0.313 e. The Balaban J connectivity index is 1.92. The minimum Gasteiger partial charge on any atom is -0.481 e. The molecule has 88 valence electrons. The van der Waals surface area contributed by atoms with Crippen molar-refractivity contribution in [1.82, 2.24) is 14.8 Å². The van der Waals surface area contributed by atoms with Crippen molar-refractivity contribution in [3.8, 4) is 0 Å². The normalized spacial score (nSPS) is 17.3. The lowest BCUT2D eigenvalue weighted by Crippen LogP contribution is -2.10. The van der Waals surface area contributed by atoms with Crippen molar-refractivity contribution in [3.63, 3.8) is 0 Å². The largest absolute Gasteiger partial charge is 0.481 e. The first kappa shape index (κ1) is 11.4. The molecule has 0 saturated heterocycles. The molecule has 0 aromatic carbocycles. The second kappa shape index (κ2) is 4.86. The summed E-state index contributed by atoms with van der Waals surface area (Å²) < 4.78 is 1.95. The molecule has 1 N–H and O–H groups in total. The number of nitrogens with zero attached hydrogens (tertiary/aromatic N) is 3. The fraction of sp³-hybridized carbons (Fsp3) is 0.700. The Morgan fingerprint density at radius 3 is 3.12 bits per heavy atom. The summed E-state index contributed by atoms with van der Waals surface area (Å²) in [6.45, 7) is 3.11. The van der Waals surface area contributed by atoms with Crippen molar-refractivity contribution >= 4 is 17.7 Å². The Bertz CT molecular complexity index is 376. The number of aliphatic carboxylic acids is 1. The van der Waals surface area contributed by atoms with Gasteiger partial charge >= 0.3 is 5.97 Å². The van der Waals surface area contributed by atoms with Crippen LogP contribution in [0.4, 0.5) is 0 Å². The van der Waals surface area contributed by atoms with Crippen LogP contribution in [0.25, 0.3) is 0 Å². The molecule has 1 atom stereocenters. The molecule has 1 fully saturated rings.